The molecule has 2 aliphatic rings. The highest BCUT2D eigenvalue weighted by Gasteiger charge is 2.43. The van der Waals surface area contributed by atoms with E-state index in [1.807, 2.05) is 0 Å². The van der Waals surface area contributed by atoms with Crippen molar-refractivity contribution < 1.29 is 13.6 Å². The minimum Gasteiger partial charge on any atom is -0.354 e. The molecule has 1 unspecified atom stereocenters. The van der Waals surface area contributed by atoms with Gasteiger partial charge < -0.3 is 5.32 Å². The summed E-state index contributed by atoms with van der Waals surface area (Å²) in [6, 6.07) is -0.723. The van der Waals surface area contributed by atoms with Crippen LogP contribution in [0.4, 0.5) is 8.78 Å². The van der Waals surface area contributed by atoms with Crippen molar-refractivity contribution in [3.05, 3.63) is 0 Å². The van der Waals surface area contributed by atoms with Crippen LogP contribution in [0.3, 0.4) is 0 Å². The van der Waals surface area contributed by atoms with Gasteiger partial charge in [-0.3, -0.25) is 10.1 Å². The first-order valence-electron chi connectivity index (χ1n) is 6.85. The third-order valence-electron chi connectivity index (χ3n) is 4.26. The lowest BCUT2D eigenvalue weighted by molar-refractivity contribution is -0.124. The average Bonchev–Trinajstić information content (AvgIpc) is 2.62. The summed E-state index contributed by atoms with van der Waals surface area (Å²) >= 11 is 0. The molecule has 0 radical (unpaired) electrons. The topological polar surface area (TPSA) is 41.1 Å². The summed E-state index contributed by atoms with van der Waals surface area (Å²) in [6.45, 7) is 2.40. The van der Waals surface area contributed by atoms with E-state index in [2.05, 4.69) is 17.6 Å². The van der Waals surface area contributed by atoms with E-state index in [9.17, 15) is 13.6 Å². The highest BCUT2D eigenvalue weighted by Crippen LogP contribution is 2.44. The highest BCUT2D eigenvalue weighted by atomic mass is 19.3. The molecule has 5 heteroatoms. The molecule has 2 fully saturated rings. The molecule has 1 saturated carbocycles. The van der Waals surface area contributed by atoms with E-state index >= 15 is 0 Å². The van der Waals surface area contributed by atoms with Gasteiger partial charge in [0.15, 0.2) is 0 Å². The van der Waals surface area contributed by atoms with Crippen LogP contribution in [-0.2, 0) is 4.79 Å². The van der Waals surface area contributed by atoms with Crippen LogP contribution < -0.4 is 10.6 Å². The van der Waals surface area contributed by atoms with E-state index in [4.69, 9.17) is 0 Å². The predicted octanol–water partition coefficient (Wildman–Crippen LogP) is 2.07. The summed E-state index contributed by atoms with van der Waals surface area (Å²) in [7, 11) is 0. The van der Waals surface area contributed by atoms with Gasteiger partial charge in [0.2, 0.25) is 5.91 Å². The van der Waals surface area contributed by atoms with Crippen molar-refractivity contribution in [2.45, 2.75) is 57.4 Å². The monoisotopic (exact) mass is 260 g/mol. The Morgan fingerprint density at radius 1 is 1.44 bits per heavy atom. The zero-order valence-electron chi connectivity index (χ0n) is 10.9. The number of amides is 1. The fourth-order valence-electron chi connectivity index (χ4n) is 3.02. The fourth-order valence-corrected chi connectivity index (χ4v) is 3.02. The molecule has 2 rings (SSSR count). The number of hydrogen-bond donors (Lipinski definition) is 2. The first kappa shape index (κ1) is 13.7. The number of rotatable bonds is 5. The molecule has 1 aliphatic heterocycles. The standard InChI is InChI=1S/C13H22F2N2O/c1-2-4-12(5-3-6-12)8-17-11(18)10-7-13(14,15)9-16-10/h10,16H,2-9H2,1H3,(H,17,18). The minimum atomic E-state index is -2.74. The highest BCUT2D eigenvalue weighted by molar-refractivity contribution is 5.82. The van der Waals surface area contributed by atoms with Crippen molar-refractivity contribution >= 4 is 5.91 Å². The molecule has 1 amide bonds. The number of hydrogen-bond acceptors (Lipinski definition) is 2. The molecule has 104 valence electrons. The maximum atomic E-state index is 13.0. The Labute approximate surface area is 107 Å². The zero-order chi connectivity index (χ0) is 13.2. The van der Waals surface area contributed by atoms with Crippen molar-refractivity contribution in [3.63, 3.8) is 0 Å². The summed E-state index contributed by atoms with van der Waals surface area (Å²) in [5, 5.41) is 5.44. The van der Waals surface area contributed by atoms with Gasteiger partial charge in [-0.1, -0.05) is 19.8 Å². The molecule has 3 nitrogen and oxygen atoms in total. The van der Waals surface area contributed by atoms with Crippen LogP contribution in [0.15, 0.2) is 0 Å². The van der Waals surface area contributed by atoms with Gasteiger partial charge in [-0.15, -0.1) is 0 Å². The third kappa shape index (κ3) is 2.99. The Bertz CT molecular complexity index is 316. The van der Waals surface area contributed by atoms with E-state index < -0.39 is 12.0 Å². The quantitative estimate of drug-likeness (QED) is 0.794. The molecule has 1 atom stereocenters. The van der Waals surface area contributed by atoms with Gasteiger partial charge >= 0.3 is 0 Å². The Hall–Kier alpha value is -0.710. The first-order valence-corrected chi connectivity index (χ1v) is 6.85. The Morgan fingerprint density at radius 3 is 2.61 bits per heavy atom. The van der Waals surface area contributed by atoms with Gasteiger partial charge in [0, 0.05) is 13.0 Å². The van der Waals surface area contributed by atoms with Gasteiger partial charge in [-0.25, -0.2) is 8.78 Å². The van der Waals surface area contributed by atoms with E-state index in [1.165, 1.54) is 6.42 Å². The van der Waals surface area contributed by atoms with E-state index in [0.29, 0.717) is 6.54 Å². The van der Waals surface area contributed by atoms with Crippen molar-refractivity contribution in [1.29, 1.82) is 0 Å². The predicted molar refractivity (Wildman–Crippen MR) is 65.6 cm³/mol. The van der Waals surface area contributed by atoms with E-state index in [0.717, 1.165) is 25.7 Å². The maximum Gasteiger partial charge on any atom is 0.262 e. The van der Waals surface area contributed by atoms with Crippen molar-refractivity contribution in [2.24, 2.45) is 5.41 Å². The molecular weight excluding hydrogens is 238 g/mol. The lowest BCUT2D eigenvalue weighted by atomic mass is 9.66. The minimum absolute atomic E-state index is 0.242. The average molecular weight is 260 g/mol. The van der Waals surface area contributed by atoms with Crippen LogP contribution >= 0.6 is 0 Å². The molecule has 1 saturated heterocycles. The van der Waals surface area contributed by atoms with Crippen molar-refractivity contribution in [3.8, 4) is 0 Å². The smallest absolute Gasteiger partial charge is 0.262 e. The SMILES string of the molecule is CCCC1(CNC(=O)C2CC(F)(F)CN2)CCC1. The largest absolute Gasteiger partial charge is 0.354 e. The molecule has 0 spiro atoms. The van der Waals surface area contributed by atoms with Gasteiger partial charge in [-0.05, 0) is 24.7 Å². The molecular formula is C13H22F2N2O. The number of carbonyl (C=O) groups is 1. The van der Waals surface area contributed by atoms with Gasteiger partial charge in [0.05, 0.1) is 12.6 Å². The Morgan fingerprint density at radius 2 is 2.17 bits per heavy atom. The van der Waals surface area contributed by atoms with Crippen LogP contribution in [0.1, 0.15) is 45.4 Å². The number of nitrogens with one attached hydrogen (secondary N) is 2. The summed E-state index contributed by atoms with van der Waals surface area (Å²) in [4.78, 5) is 11.8. The normalized spacial score (nSPS) is 28.7. The molecule has 1 aliphatic carbocycles. The molecule has 0 aromatic carbocycles. The van der Waals surface area contributed by atoms with Crippen molar-refractivity contribution in [1.82, 2.24) is 10.6 Å². The molecule has 18 heavy (non-hydrogen) atoms. The molecule has 0 aromatic rings. The number of halogens is 2. The number of carbonyl (C=O) groups excluding carboxylic acids is 1. The van der Waals surface area contributed by atoms with Gasteiger partial charge in [0.1, 0.15) is 0 Å². The summed E-state index contributed by atoms with van der Waals surface area (Å²) in [6.07, 6.45) is 5.36. The second-order valence-corrected chi connectivity index (χ2v) is 5.81. The van der Waals surface area contributed by atoms with Crippen molar-refractivity contribution in [2.75, 3.05) is 13.1 Å². The van der Waals surface area contributed by atoms with Crippen LogP contribution in [0.2, 0.25) is 0 Å². The molecule has 0 aromatic heterocycles. The maximum absolute atomic E-state index is 13.0. The second kappa shape index (κ2) is 5.11. The third-order valence-corrected chi connectivity index (χ3v) is 4.26. The second-order valence-electron chi connectivity index (χ2n) is 5.81. The summed E-state index contributed by atoms with van der Waals surface area (Å²) < 4.78 is 26.0. The number of alkyl halides is 2. The Balaban J connectivity index is 1.78. The van der Waals surface area contributed by atoms with Crippen LogP contribution in [0, 0.1) is 5.41 Å². The lowest BCUT2D eigenvalue weighted by Crippen LogP contribution is -2.47. The Kier molecular flexibility index (Phi) is 3.90. The van der Waals surface area contributed by atoms with E-state index in [-0.39, 0.29) is 24.3 Å². The van der Waals surface area contributed by atoms with Crippen LogP contribution in [0.5, 0.6) is 0 Å². The fraction of sp³-hybridized carbons (Fsp3) is 0.923. The van der Waals surface area contributed by atoms with E-state index in [1.54, 1.807) is 0 Å². The van der Waals surface area contributed by atoms with Gasteiger partial charge in [-0.2, -0.15) is 0 Å². The zero-order valence-corrected chi connectivity index (χ0v) is 10.9. The van der Waals surface area contributed by atoms with Gasteiger partial charge in [0.25, 0.3) is 5.92 Å². The lowest BCUT2D eigenvalue weighted by Gasteiger charge is -2.42. The molecule has 2 N–H and O–H groups in total. The first-order chi connectivity index (χ1) is 8.46. The molecule has 0 bridgehead atoms. The summed E-state index contributed by atoms with van der Waals surface area (Å²) in [5.41, 5.74) is 0.242. The van der Waals surface area contributed by atoms with Crippen LogP contribution in [-0.4, -0.2) is 31.0 Å². The molecule has 1 heterocycles. The van der Waals surface area contributed by atoms with Crippen LogP contribution in [0.25, 0.3) is 0 Å². The summed E-state index contributed by atoms with van der Waals surface area (Å²) in [5.74, 6) is -3.01.